The second kappa shape index (κ2) is 10.4. The Morgan fingerprint density at radius 2 is 1.47 bits per heavy atom. The van der Waals surface area contributed by atoms with Gasteiger partial charge in [0, 0.05) is 0 Å². The fourth-order valence-corrected chi connectivity index (χ4v) is 6.90. The third kappa shape index (κ3) is 5.86. The molecule has 0 bridgehead atoms. The van der Waals surface area contributed by atoms with Gasteiger partial charge in [-0.1, -0.05) is 99.7 Å². The van der Waals surface area contributed by atoms with Gasteiger partial charge in [0.1, 0.15) is 0 Å². The minimum Gasteiger partial charge on any atom is -0.407 e. The first-order valence-electron chi connectivity index (χ1n) is 11.4. The summed E-state index contributed by atoms with van der Waals surface area (Å²) in [7, 11) is -1.83. The van der Waals surface area contributed by atoms with Crippen LogP contribution in [0.2, 0.25) is 0 Å². The summed E-state index contributed by atoms with van der Waals surface area (Å²) in [5, 5.41) is 12.4. The molecule has 0 aliphatic heterocycles. The molecular formula is C29H36O2Si. The van der Waals surface area contributed by atoms with Gasteiger partial charge in [-0.2, -0.15) is 0 Å². The first kappa shape index (κ1) is 24.2. The third-order valence-corrected chi connectivity index (χ3v) is 8.29. The molecule has 2 nitrogen and oxygen atoms in total. The van der Waals surface area contributed by atoms with Crippen molar-refractivity contribution < 1.29 is 9.53 Å². The largest absolute Gasteiger partial charge is 0.407 e. The smallest absolute Gasteiger partial charge is 0.240 e. The molecule has 0 radical (unpaired) electrons. The monoisotopic (exact) mass is 444 g/mol. The number of aryl methyl sites for hydroxylation is 1. The lowest BCUT2D eigenvalue weighted by atomic mass is 9.78. The number of aliphatic hydroxyl groups is 1. The first-order valence-corrected chi connectivity index (χ1v) is 13.0. The van der Waals surface area contributed by atoms with Gasteiger partial charge in [0.2, 0.25) is 9.04 Å². The molecule has 0 aromatic heterocycles. The van der Waals surface area contributed by atoms with Crippen molar-refractivity contribution in [2.45, 2.75) is 59.7 Å². The van der Waals surface area contributed by atoms with Crippen LogP contribution in [-0.4, -0.2) is 20.3 Å². The zero-order valence-electron chi connectivity index (χ0n) is 20.2. The average molecular weight is 445 g/mol. The Labute approximate surface area is 195 Å². The van der Waals surface area contributed by atoms with Gasteiger partial charge in [-0.3, -0.25) is 0 Å². The maximum absolute atomic E-state index is 9.88. The molecule has 0 amide bonds. The van der Waals surface area contributed by atoms with Crippen LogP contribution in [0, 0.1) is 13.8 Å². The maximum Gasteiger partial charge on any atom is 0.240 e. The second-order valence-corrected chi connectivity index (χ2v) is 12.1. The highest BCUT2D eigenvalue weighted by Crippen LogP contribution is 2.33. The molecule has 0 heterocycles. The van der Waals surface area contributed by atoms with E-state index in [0.717, 1.165) is 5.56 Å². The van der Waals surface area contributed by atoms with Gasteiger partial charge in [-0.05, 0) is 64.4 Å². The molecule has 0 aliphatic carbocycles. The van der Waals surface area contributed by atoms with E-state index in [2.05, 4.69) is 107 Å². The summed E-state index contributed by atoms with van der Waals surface area (Å²) in [6, 6.07) is 23.4. The lowest BCUT2D eigenvalue weighted by Crippen LogP contribution is -2.44. The molecule has 3 aromatic rings. The Morgan fingerprint density at radius 3 is 1.94 bits per heavy atom. The lowest BCUT2D eigenvalue weighted by molar-refractivity contribution is 0.245. The number of hydrogen-bond acceptors (Lipinski definition) is 2. The van der Waals surface area contributed by atoms with E-state index in [9.17, 15) is 5.11 Å². The van der Waals surface area contributed by atoms with Crippen LogP contribution in [0.4, 0.5) is 0 Å². The molecule has 1 N–H and O–H groups in total. The highest BCUT2D eigenvalue weighted by Gasteiger charge is 2.23. The molecule has 0 fully saturated rings. The fourth-order valence-electron chi connectivity index (χ4n) is 4.64. The van der Waals surface area contributed by atoms with E-state index in [1.165, 1.54) is 32.6 Å². The summed E-state index contributed by atoms with van der Waals surface area (Å²) >= 11 is 0. The van der Waals surface area contributed by atoms with Crippen molar-refractivity contribution in [1.82, 2.24) is 0 Å². The van der Waals surface area contributed by atoms with Crippen molar-refractivity contribution in [1.29, 1.82) is 0 Å². The van der Waals surface area contributed by atoms with E-state index in [4.69, 9.17) is 4.43 Å². The van der Waals surface area contributed by atoms with E-state index in [0.29, 0.717) is 6.61 Å². The van der Waals surface area contributed by atoms with E-state index >= 15 is 0 Å². The van der Waals surface area contributed by atoms with E-state index in [-0.39, 0.29) is 5.41 Å². The molecule has 0 spiro atoms. The Kier molecular flexibility index (Phi) is 7.89. The summed E-state index contributed by atoms with van der Waals surface area (Å²) in [5.41, 5.74) is 6.31. The van der Waals surface area contributed by atoms with Gasteiger partial charge in [0.15, 0.2) is 0 Å². The van der Waals surface area contributed by atoms with Crippen molar-refractivity contribution in [3.05, 3.63) is 101 Å². The fraction of sp³-hybridized carbons (Fsp3) is 0.310. The van der Waals surface area contributed by atoms with Crippen LogP contribution in [-0.2, 0) is 16.4 Å². The summed E-state index contributed by atoms with van der Waals surface area (Å²) in [5.74, 6) is 0. The molecule has 3 heteroatoms. The first-order chi connectivity index (χ1) is 15.2. The molecule has 3 rings (SSSR count). The van der Waals surface area contributed by atoms with Gasteiger partial charge < -0.3 is 9.53 Å². The van der Waals surface area contributed by atoms with Crippen molar-refractivity contribution in [3.63, 3.8) is 0 Å². The minimum absolute atomic E-state index is 0.0480. The molecule has 1 unspecified atom stereocenters. The van der Waals surface area contributed by atoms with E-state index < -0.39 is 15.1 Å². The Balaban J connectivity index is 2.03. The molecule has 0 saturated carbocycles. The van der Waals surface area contributed by atoms with Crippen LogP contribution < -0.4 is 10.4 Å². The van der Waals surface area contributed by atoms with Gasteiger partial charge in [0.05, 0.1) is 12.7 Å². The highest BCUT2D eigenvalue weighted by atomic mass is 28.3. The molecule has 168 valence electrons. The minimum atomic E-state index is -1.83. The topological polar surface area (TPSA) is 29.5 Å². The van der Waals surface area contributed by atoms with Gasteiger partial charge in [-0.25, -0.2) is 0 Å². The van der Waals surface area contributed by atoms with E-state index in [1.807, 2.05) is 6.08 Å². The standard InChI is InChI=1S/C29H36O2Si/c1-21-19-24(27(18-17-22(2)30)23(3)28(21)29(4,5)6)20-31-32(25-13-9-7-10-14-25)26-15-11-8-12-16-26/h7-19,22,30,32H,20H2,1-6H3. The van der Waals surface area contributed by atoms with Crippen LogP contribution in [0.3, 0.4) is 0 Å². The Morgan fingerprint density at radius 1 is 0.938 bits per heavy atom. The summed E-state index contributed by atoms with van der Waals surface area (Å²) in [6.45, 7) is 13.5. The summed E-state index contributed by atoms with van der Waals surface area (Å²) < 4.78 is 6.73. The number of benzene rings is 3. The number of rotatable bonds is 7. The van der Waals surface area contributed by atoms with Crippen LogP contribution >= 0.6 is 0 Å². The zero-order valence-corrected chi connectivity index (χ0v) is 21.4. The summed E-state index contributed by atoms with van der Waals surface area (Å²) in [4.78, 5) is 0. The zero-order chi connectivity index (χ0) is 23.3. The number of aliphatic hydroxyl groups excluding tert-OH is 1. The van der Waals surface area contributed by atoms with Crippen molar-refractivity contribution in [2.24, 2.45) is 0 Å². The van der Waals surface area contributed by atoms with Crippen molar-refractivity contribution in [2.75, 3.05) is 0 Å². The molecule has 0 aliphatic rings. The molecule has 0 saturated heterocycles. The number of hydrogen-bond donors (Lipinski definition) is 1. The molecule has 1 atom stereocenters. The van der Waals surface area contributed by atoms with Crippen molar-refractivity contribution in [3.8, 4) is 0 Å². The van der Waals surface area contributed by atoms with Gasteiger partial charge in [0.25, 0.3) is 0 Å². The van der Waals surface area contributed by atoms with E-state index in [1.54, 1.807) is 6.92 Å². The Bertz CT molecular complexity index is 1010. The predicted octanol–water partition coefficient (Wildman–Crippen LogP) is 5.05. The van der Waals surface area contributed by atoms with Gasteiger partial charge in [-0.15, -0.1) is 0 Å². The average Bonchev–Trinajstić information content (AvgIpc) is 2.73. The molecule has 3 aromatic carbocycles. The maximum atomic E-state index is 9.88. The Hall–Kier alpha value is -2.46. The highest BCUT2D eigenvalue weighted by molar-refractivity contribution is 6.80. The van der Waals surface area contributed by atoms with Crippen molar-refractivity contribution >= 4 is 25.5 Å². The summed E-state index contributed by atoms with van der Waals surface area (Å²) in [6.07, 6.45) is 3.43. The third-order valence-electron chi connectivity index (χ3n) is 5.81. The van der Waals surface area contributed by atoms with Crippen LogP contribution in [0.15, 0.2) is 72.8 Å². The lowest BCUT2D eigenvalue weighted by Gasteiger charge is -2.28. The van der Waals surface area contributed by atoms with Crippen LogP contribution in [0.5, 0.6) is 0 Å². The molecular weight excluding hydrogens is 408 g/mol. The predicted molar refractivity (Wildman–Crippen MR) is 139 cm³/mol. The van der Waals surface area contributed by atoms with Crippen LogP contribution in [0.25, 0.3) is 6.08 Å². The van der Waals surface area contributed by atoms with Crippen LogP contribution in [0.1, 0.15) is 55.5 Å². The van der Waals surface area contributed by atoms with Gasteiger partial charge >= 0.3 is 0 Å². The molecule has 32 heavy (non-hydrogen) atoms. The SMILES string of the molecule is Cc1cc(CO[SiH](c2ccccc2)c2ccccc2)c(C=CC(C)O)c(C)c1C(C)(C)C. The second-order valence-electron chi connectivity index (χ2n) is 9.63. The quantitative estimate of drug-likeness (QED) is 0.517. The normalized spacial score (nSPS) is 13.1.